The molecule has 0 radical (unpaired) electrons. The molecule has 0 spiro atoms. The molecule has 1 aromatic heterocycles. The molecule has 2 heterocycles. The van der Waals surface area contributed by atoms with E-state index < -0.39 is 10.0 Å². The molecule has 0 unspecified atom stereocenters. The van der Waals surface area contributed by atoms with Crippen LogP contribution in [0.4, 0.5) is 0 Å². The molecule has 1 saturated carbocycles. The van der Waals surface area contributed by atoms with Crippen molar-refractivity contribution in [1.29, 1.82) is 0 Å². The normalized spacial score (nSPS) is 18.6. The van der Waals surface area contributed by atoms with Crippen molar-refractivity contribution < 1.29 is 18.0 Å². The molecule has 4 rings (SSSR count). The number of carbonyl (C=O) groups is 2. The zero-order valence-corrected chi connectivity index (χ0v) is 17.5. The van der Waals surface area contributed by atoms with Gasteiger partial charge in [0.25, 0.3) is 0 Å². The van der Waals surface area contributed by atoms with Crippen LogP contribution in [-0.4, -0.2) is 59.0 Å². The first-order valence-electron chi connectivity index (χ1n) is 9.73. The van der Waals surface area contributed by atoms with E-state index in [9.17, 15) is 18.0 Å². The van der Waals surface area contributed by atoms with Crippen molar-refractivity contribution in [3.8, 4) is 0 Å². The second-order valence-electron chi connectivity index (χ2n) is 7.45. The molecule has 29 heavy (non-hydrogen) atoms. The Hall–Kier alpha value is -2.11. The van der Waals surface area contributed by atoms with E-state index >= 15 is 0 Å². The van der Waals surface area contributed by atoms with Gasteiger partial charge in [-0.15, -0.1) is 0 Å². The summed E-state index contributed by atoms with van der Waals surface area (Å²) in [6, 6.07) is 5.26. The number of carbonyl (C=O) groups excluding carboxylic acids is 2. The number of hydrogen-bond acceptors (Lipinski definition) is 7. The smallest absolute Gasteiger partial charge is 0.245 e. The minimum Gasteiger partial charge on any atom is -0.355 e. The molecule has 11 heteroatoms. The van der Waals surface area contributed by atoms with E-state index in [1.165, 1.54) is 4.31 Å². The van der Waals surface area contributed by atoms with Crippen LogP contribution in [0.2, 0.25) is 0 Å². The summed E-state index contributed by atoms with van der Waals surface area (Å²) in [7, 11) is -3.69. The van der Waals surface area contributed by atoms with Gasteiger partial charge >= 0.3 is 0 Å². The Bertz CT molecular complexity index is 1010. The Morgan fingerprint density at radius 3 is 2.62 bits per heavy atom. The topological polar surface area (TPSA) is 121 Å². The van der Waals surface area contributed by atoms with E-state index in [4.69, 9.17) is 0 Å². The highest BCUT2D eigenvalue weighted by atomic mass is 32.2. The summed E-state index contributed by atoms with van der Waals surface area (Å²) in [6.07, 6.45) is 3.23. The summed E-state index contributed by atoms with van der Waals surface area (Å²) in [5.74, 6) is -0.406. The third kappa shape index (κ3) is 4.57. The molecule has 1 aliphatic carbocycles. The van der Waals surface area contributed by atoms with Crippen molar-refractivity contribution in [3.05, 3.63) is 18.2 Å². The lowest BCUT2D eigenvalue weighted by molar-refractivity contribution is -0.126. The maximum Gasteiger partial charge on any atom is 0.245 e. The highest BCUT2D eigenvalue weighted by Gasteiger charge is 2.33. The maximum absolute atomic E-state index is 13.0. The number of nitrogens with zero attached hydrogens (tertiary/aromatic N) is 3. The molecule has 2 N–H and O–H groups in total. The van der Waals surface area contributed by atoms with Gasteiger partial charge in [-0.05, 0) is 37.8 Å². The molecule has 1 saturated heterocycles. The van der Waals surface area contributed by atoms with Gasteiger partial charge in [0.1, 0.15) is 15.9 Å². The van der Waals surface area contributed by atoms with E-state index in [0.29, 0.717) is 36.5 Å². The highest BCUT2D eigenvalue weighted by Crippen LogP contribution is 2.28. The van der Waals surface area contributed by atoms with Gasteiger partial charge in [0.15, 0.2) is 0 Å². The van der Waals surface area contributed by atoms with Crippen LogP contribution in [0.5, 0.6) is 0 Å². The number of hydrogen-bond donors (Lipinski definition) is 2. The van der Waals surface area contributed by atoms with Gasteiger partial charge in [-0.25, -0.2) is 8.42 Å². The fourth-order valence-corrected chi connectivity index (χ4v) is 5.68. The Morgan fingerprint density at radius 1 is 1.14 bits per heavy atom. The quantitative estimate of drug-likeness (QED) is 0.663. The van der Waals surface area contributed by atoms with E-state index in [1.54, 1.807) is 18.2 Å². The number of nitrogens with one attached hydrogen (secondary N) is 2. The minimum atomic E-state index is -3.69. The third-order valence-corrected chi connectivity index (χ3v) is 7.76. The summed E-state index contributed by atoms with van der Waals surface area (Å²) in [5.41, 5.74) is 0.956. The molecule has 1 aliphatic heterocycles. The molecular weight excluding hydrogens is 414 g/mol. The Morgan fingerprint density at radius 2 is 1.90 bits per heavy atom. The maximum atomic E-state index is 13.0. The van der Waals surface area contributed by atoms with Crippen LogP contribution < -0.4 is 10.6 Å². The average Bonchev–Trinajstić information content (AvgIpc) is 3.39. The van der Waals surface area contributed by atoms with Gasteiger partial charge < -0.3 is 10.6 Å². The molecule has 0 bridgehead atoms. The molecule has 2 aromatic rings. The van der Waals surface area contributed by atoms with Crippen molar-refractivity contribution in [3.63, 3.8) is 0 Å². The van der Waals surface area contributed by atoms with E-state index in [2.05, 4.69) is 19.4 Å². The number of benzene rings is 1. The van der Waals surface area contributed by atoms with Gasteiger partial charge in [0.2, 0.25) is 21.8 Å². The van der Waals surface area contributed by atoms with Crippen LogP contribution in [0.15, 0.2) is 23.1 Å². The third-order valence-electron chi connectivity index (χ3n) is 5.29. The number of aromatic nitrogens is 2. The largest absolute Gasteiger partial charge is 0.355 e. The lowest BCUT2D eigenvalue weighted by Crippen LogP contribution is -2.43. The Kier molecular flexibility index (Phi) is 5.79. The number of piperidine rings is 1. The first-order valence-corrected chi connectivity index (χ1v) is 11.9. The predicted octanol–water partition coefficient (Wildman–Crippen LogP) is 0.877. The first kappa shape index (κ1) is 20.2. The van der Waals surface area contributed by atoms with E-state index in [0.717, 1.165) is 24.6 Å². The second kappa shape index (κ2) is 8.33. The Balaban J connectivity index is 1.30. The van der Waals surface area contributed by atoms with Gasteiger partial charge in [0, 0.05) is 38.0 Å². The predicted molar refractivity (Wildman–Crippen MR) is 108 cm³/mol. The molecule has 2 amide bonds. The summed E-state index contributed by atoms with van der Waals surface area (Å²) in [6.45, 7) is 0.849. The first-order chi connectivity index (χ1) is 13.9. The zero-order chi connectivity index (χ0) is 20.4. The van der Waals surface area contributed by atoms with Crippen molar-refractivity contribution in [2.45, 2.75) is 43.0 Å². The van der Waals surface area contributed by atoms with Crippen LogP contribution in [0.1, 0.15) is 32.1 Å². The Labute approximate surface area is 173 Å². The summed E-state index contributed by atoms with van der Waals surface area (Å²) >= 11 is 0.986. The van der Waals surface area contributed by atoms with Crippen LogP contribution in [0.25, 0.3) is 11.0 Å². The van der Waals surface area contributed by atoms with Gasteiger partial charge in [-0.2, -0.15) is 13.1 Å². The van der Waals surface area contributed by atoms with Crippen molar-refractivity contribution in [2.75, 3.05) is 19.6 Å². The summed E-state index contributed by atoms with van der Waals surface area (Å²) in [4.78, 5) is 24.2. The standard InChI is InChI=1S/C18H23N5O4S2/c24-16(20-13-4-5-13)6-9-19-18(25)12-7-10-23(11-8-12)29(26,27)15-3-1-2-14-17(15)22-28-21-14/h1-3,12-13H,4-11H2,(H,19,25)(H,20,24). The SMILES string of the molecule is O=C(CCNC(=O)C1CCN(S(=O)(=O)c2cccc3nsnc23)CC1)NC1CC1. The molecular formula is C18H23N5O4S2. The molecule has 9 nitrogen and oxygen atoms in total. The van der Waals surface area contributed by atoms with Crippen molar-refractivity contribution >= 4 is 44.6 Å². The lowest BCUT2D eigenvalue weighted by Gasteiger charge is -2.30. The van der Waals surface area contributed by atoms with Crippen LogP contribution in [0, 0.1) is 5.92 Å². The fourth-order valence-electron chi connectivity index (χ4n) is 3.46. The number of sulfonamides is 1. The second-order valence-corrected chi connectivity index (χ2v) is 9.88. The van der Waals surface area contributed by atoms with Crippen molar-refractivity contribution in [1.82, 2.24) is 23.7 Å². The lowest BCUT2D eigenvalue weighted by atomic mass is 9.97. The van der Waals surface area contributed by atoms with Crippen LogP contribution >= 0.6 is 11.7 Å². The summed E-state index contributed by atoms with van der Waals surface area (Å²) < 4.78 is 35.7. The van der Waals surface area contributed by atoms with Gasteiger partial charge in [0.05, 0.1) is 11.7 Å². The minimum absolute atomic E-state index is 0.0422. The van der Waals surface area contributed by atoms with Gasteiger partial charge in [-0.3, -0.25) is 9.59 Å². The fraction of sp³-hybridized carbons (Fsp3) is 0.556. The van der Waals surface area contributed by atoms with Gasteiger partial charge in [-0.1, -0.05) is 6.07 Å². The molecule has 156 valence electrons. The molecule has 2 fully saturated rings. The highest BCUT2D eigenvalue weighted by molar-refractivity contribution is 7.89. The van der Waals surface area contributed by atoms with Crippen LogP contribution in [0.3, 0.4) is 0 Å². The number of rotatable bonds is 7. The molecule has 1 aromatic carbocycles. The van der Waals surface area contributed by atoms with Crippen LogP contribution in [-0.2, 0) is 19.6 Å². The number of amides is 2. The van der Waals surface area contributed by atoms with E-state index in [-0.39, 0.29) is 42.1 Å². The average molecular weight is 438 g/mol. The van der Waals surface area contributed by atoms with Crippen molar-refractivity contribution in [2.24, 2.45) is 5.92 Å². The summed E-state index contributed by atoms with van der Waals surface area (Å²) in [5, 5.41) is 5.68. The molecule has 2 aliphatic rings. The number of fused-ring (bicyclic) bond motifs is 1. The zero-order valence-electron chi connectivity index (χ0n) is 15.8. The monoisotopic (exact) mass is 437 g/mol. The van der Waals surface area contributed by atoms with E-state index in [1.807, 2.05) is 0 Å². The molecule has 0 atom stereocenters.